The highest BCUT2D eigenvalue weighted by Crippen LogP contribution is 2.29. The van der Waals surface area contributed by atoms with Crippen LogP contribution >= 0.6 is 11.6 Å². The number of ether oxygens (including phenoxy) is 1. The Hall–Kier alpha value is -2.25. The molecular weight excluding hydrogens is 318 g/mol. The molecule has 1 aromatic carbocycles. The average molecular weight is 332 g/mol. The van der Waals surface area contributed by atoms with Crippen molar-refractivity contribution in [2.75, 3.05) is 24.6 Å². The van der Waals surface area contributed by atoms with Gasteiger partial charge in [-0.1, -0.05) is 16.8 Å². The molecule has 3 aromatic rings. The van der Waals surface area contributed by atoms with Gasteiger partial charge in [-0.05, 0) is 18.2 Å². The third-order valence-corrected chi connectivity index (χ3v) is 4.01. The minimum absolute atomic E-state index is 0.237. The third kappa shape index (κ3) is 2.73. The lowest BCUT2D eigenvalue weighted by molar-refractivity contribution is 0.0324. The Balaban J connectivity index is 1.67. The van der Waals surface area contributed by atoms with Crippen molar-refractivity contribution in [1.82, 2.24) is 20.1 Å². The van der Waals surface area contributed by atoms with Gasteiger partial charge in [0.2, 0.25) is 11.7 Å². The molecule has 0 spiro atoms. The zero-order valence-electron chi connectivity index (χ0n) is 12.4. The third-order valence-electron chi connectivity index (χ3n) is 3.77. The topological polar surface area (TPSA) is 77.2 Å². The number of halogens is 1. The summed E-state index contributed by atoms with van der Waals surface area (Å²) in [4.78, 5) is 15.1. The second kappa shape index (κ2) is 5.75. The Bertz CT molecular complexity index is 853. The van der Waals surface area contributed by atoms with Crippen LogP contribution in [0.5, 0.6) is 0 Å². The Labute approximate surface area is 137 Å². The minimum Gasteiger partial charge on any atom is -0.366 e. The van der Waals surface area contributed by atoms with E-state index < -0.39 is 0 Å². The summed E-state index contributed by atoms with van der Waals surface area (Å²) in [6, 6.07) is 5.62. The van der Waals surface area contributed by atoms with Crippen molar-refractivity contribution < 1.29 is 9.26 Å². The lowest BCUT2D eigenvalue weighted by Gasteiger charge is -2.32. The van der Waals surface area contributed by atoms with E-state index in [4.69, 9.17) is 20.9 Å². The molecule has 7 nitrogen and oxygen atoms in total. The number of hydrogen-bond acceptors (Lipinski definition) is 7. The van der Waals surface area contributed by atoms with Crippen LogP contribution in [0.15, 0.2) is 29.0 Å². The Morgan fingerprint density at radius 3 is 3.04 bits per heavy atom. The second-order valence-corrected chi connectivity index (χ2v) is 5.77. The number of fused-ring (bicyclic) bond motifs is 1. The Kier molecular flexibility index (Phi) is 3.59. The van der Waals surface area contributed by atoms with Crippen LogP contribution in [0.2, 0.25) is 5.02 Å². The highest BCUT2D eigenvalue weighted by molar-refractivity contribution is 6.31. The van der Waals surface area contributed by atoms with E-state index in [1.165, 1.54) is 0 Å². The zero-order valence-corrected chi connectivity index (χ0v) is 13.2. The molecule has 0 N–H and O–H groups in total. The lowest BCUT2D eigenvalue weighted by Crippen LogP contribution is -2.39. The Morgan fingerprint density at radius 2 is 2.22 bits per heavy atom. The quantitative estimate of drug-likeness (QED) is 0.714. The number of hydrogen-bond donors (Lipinski definition) is 0. The van der Waals surface area contributed by atoms with E-state index in [-0.39, 0.29) is 6.10 Å². The number of benzene rings is 1. The molecule has 1 aliphatic heterocycles. The van der Waals surface area contributed by atoms with E-state index in [1.807, 2.05) is 18.2 Å². The van der Waals surface area contributed by atoms with E-state index in [0.29, 0.717) is 29.9 Å². The molecule has 3 heterocycles. The van der Waals surface area contributed by atoms with Crippen LogP contribution in [-0.4, -0.2) is 39.8 Å². The van der Waals surface area contributed by atoms with Crippen LogP contribution < -0.4 is 4.90 Å². The minimum atomic E-state index is -0.237. The normalized spacial score (nSPS) is 18.5. The van der Waals surface area contributed by atoms with Gasteiger partial charge in [-0.15, -0.1) is 0 Å². The average Bonchev–Trinajstić information content (AvgIpc) is 3.01. The van der Waals surface area contributed by atoms with E-state index >= 15 is 0 Å². The van der Waals surface area contributed by atoms with E-state index in [1.54, 1.807) is 13.3 Å². The van der Waals surface area contributed by atoms with Crippen LogP contribution in [0, 0.1) is 6.92 Å². The molecule has 4 rings (SSSR count). The second-order valence-electron chi connectivity index (χ2n) is 5.34. The summed E-state index contributed by atoms with van der Waals surface area (Å²) < 4.78 is 10.8. The van der Waals surface area contributed by atoms with Gasteiger partial charge >= 0.3 is 0 Å². The number of nitrogens with zero attached hydrogens (tertiary/aromatic N) is 5. The van der Waals surface area contributed by atoms with Gasteiger partial charge < -0.3 is 14.2 Å². The van der Waals surface area contributed by atoms with Gasteiger partial charge in [0.1, 0.15) is 18.2 Å². The van der Waals surface area contributed by atoms with Gasteiger partial charge in [-0.2, -0.15) is 4.98 Å². The van der Waals surface area contributed by atoms with Gasteiger partial charge in [0.25, 0.3) is 0 Å². The molecule has 0 bridgehead atoms. The SMILES string of the molecule is Cc1nc(C2CN(c3ncnc4cc(Cl)ccc34)CCO2)no1. The predicted molar refractivity (Wildman–Crippen MR) is 84.5 cm³/mol. The van der Waals surface area contributed by atoms with Gasteiger partial charge in [-0.25, -0.2) is 9.97 Å². The zero-order chi connectivity index (χ0) is 15.8. The maximum Gasteiger partial charge on any atom is 0.223 e. The van der Waals surface area contributed by atoms with Crippen molar-refractivity contribution in [1.29, 1.82) is 0 Å². The van der Waals surface area contributed by atoms with Crippen molar-refractivity contribution in [3.05, 3.63) is 41.3 Å². The molecule has 0 aliphatic carbocycles. The lowest BCUT2D eigenvalue weighted by atomic mass is 10.2. The van der Waals surface area contributed by atoms with Crippen molar-refractivity contribution in [2.45, 2.75) is 13.0 Å². The van der Waals surface area contributed by atoms with Crippen molar-refractivity contribution in [2.24, 2.45) is 0 Å². The first-order chi connectivity index (χ1) is 11.2. The van der Waals surface area contributed by atoms with Crippen LogP contribution in [0.1, 0.15) is 17.8 Å². The number of aromatic nitrogens is 4. The maximum absolute atomic E-state index is 6.04. The molecular formula is C15H14ClN5O2. The largest absolute Gasteiger partial charge is 0.366 e. The highest BCUT2D eigenvalue weighted by atomic mass is 35.5. The monoisotopic (exact) mass is 331 g/mol. The molecule has 1 aliphatic rings. The summed E-state index contributed by atoms with van der Waals surface area (Å²) in [5, 5.41) is 5.57. The summed E-state index contributed by atoms with van der Waals surface area (Å²) in [7, 11) is 0. The molecule has 8 heteroatoms. The first-order valence-electron chi connectivity index (χ1n) is 7.28. The maximum atomic E-state index is 6.04. The summed E-state index contributed by atoms with van der Waals surface area (Å²) in [5.74, 6) is 1.96. The van der Waals surface area contributed by atoms with E-state index in [0.717, 1.165) is 23.3 Å². The molecule has 1 atom stereocenters. The van der Waals surface area contributed by atoms with Gasteiger partial charge in [0, 0.05) is 23.9 Å². The predicted octanol–water partition coefficient (Wildman–Crippen LogP) is 2.55. The van der Waals surface area contributed by atoms with Crippen LogP contribution in [0.25, 0.3) is 10.9 Å². The van der Waals surface area contributed by atoms with Crippen LogP contribution in [-0.2, 0) is 4.74 Å². The fourth-order valence-corrected chi connectivity index (χ4v) is 2.88. The van der Waals surface area contributed by atoms with Gasteiger partial charge in [0.05, 0.1) is 18.7 Å². The van der Waals surface area contributed by atoms with Crippen LogP contribution in [0.4, 0.5) is 5.82 Å². The first-order valence-corrected chi connectivity index (χ1v) is 7.65. The van der Waals surface area contributed by atoms with E-state index in [2.05, 4.69) is 25.0 Å². The molecule has 0 radical (unpaired) electrons. The summed E-state index contributed by atoms with van der Waals surface area (Å²) in [5.41, 5.74) is 0.820. The molecule has 0 saturated carbocycles. The molecule has 2 aromatic heterocycles. The summed E-state index contributed by atoms with van der Waals surface area (Å²) in [6.45, 7) is 3.67. The van der Waals surface area contributed by atoms with Crippen LogP contribution in [0.3, 0.4) is 0 Å². The highest BCUT2D eigenvalue weighted by Gasteiger charge is 2.27. The Morgan fingerprint density at radius 1 is 1.30 bits per heavy atom. The van der Waals surface area contributed by atoms with Crippen molar-refractivity contribution >= 4 is 28.3 Å². The van der Waals surface area contributed by atoms with Gasteiger partial charge in [0.15, 0.2) is 0 Å². The van der Waals surface area contributed by atoms with Gasteiger partial charge in [-0.3, -0.25) is 0 Å². The fourth-order valence-electron chi connectivity index (χ4n) is 2.71. The molecule has 118 valence electrons. The molecule has 1 unspecified atom stereocenters. The molecule has 1 fully saturated rings. The molecule has 1 saturated heterocycles. The summed E-state index contributed by atoms with van der Waals surface area (Å²) in [6.07, 6.45) is 1.32. The molecule has 0 amide bonds. The van der Waals surface area contributed by atoms with Crippen molar-refractivity contribution in [3.8, 4) is 0 Å². The summed E-state index contributed by atoms with van der Waals surface area (Å²) >= 11 is 6.04. The standard InChI is InChI=1S/C15H14ClN5O2/c1-9-19-14(20-23-9)13-7-21(4-5-22-13)15-11-3-2-10(16)6-12(11)17-8-18-15/h2-3,6,8,13H,4-5,7H2,1H3. The first kappa shape index (κ1) is 14.3. The number of aryl methyl sites for hydroxylation is 1. The van der Waals surface area contributed by atoms with Crippen molar-refractivity contribution in [3.63, 3.8) is 0 Å². The fraction of sp³-hybridized carbons (Fsp3) is 0.333. The number of anilines is 1. The number of morpholine rings is 1. The molecule has 23 heavy (non-hydrogen) atoms. The number of rotatable bonds is 2. The smallest absolute Gasteiger partial charge is 0.223 e. The van der Waals surface area contributed by atoms with E-state index in [9.17, 15) is 0 Å².